The summed E-state index contributed by atoms with van der Waals surface area (Å²) in [5.41, 5.74) is 0.702. The minimum atomic E-state index is -3.70. The number of sulfonamides is 1. The number of amides is 1. The first kappa shape index (κ1) is 23.7. The van der Waals surface area contributed by atoms with Crippen LogP contribution in [0.25, 0.3) is 0 Å². The van der Waals surface area contributed by atoms with Crippen LogP contribution in [0.15, 0.2) is 41.3 Å². The zero-order valence-electron chi connectivity index (χ0n) is 18.3. The van der Waals surface area contributed by atoms with E-state index in [-0.39, 0.29) is 27.9 Å². The lowest BCUT2D eigenvalue weighted by Crippen LogP contribution is -2.35. The number of benzene rings is 2. The molecular formula is C22H27N3O6S. The van der Waals surface area contributed by atoms with Gasteiger partial charge < -0.3 is 10.1 Å². The molecule has 10 heteroatoms. The van der Waals surface area contributed by atoms with Gasteiger partial charge in [-0.05, 0) is 63.9 Å². The van der Waals surface area contributed by atoms with E-state index in [4.69, 9.17) is 4.74 Å². The third-order valence-electron chi connectivity index (χ3n) is 5.17. The van der Waals surface area contributed by atoms with Crippen LogP contribution in [0, 0.1) is 17.0 Å². The number of carbonyl (C=O) groups is 1. The fourth-order valence-corrected chi connectivity index (χ4v) is 5.12. The molecule has 0 bridgehead atoms. The van der Waals surface area contributed by atoms with Crippen LogP contribution in [-0.2, 0) is 10.0 Å². The van der Waals surface area contributed by atoms with Crippen LogP contribution < -0.4 is 10.1 Å². The van der Waals surface area contributed by atoms with E-state index >= 15 is 0 Å². The molecule has 0 spiro atoms. The van der Waals surface area contributed by atoms with E-state index in [9.17, 15) is 23.3 Å². The van der Waals surface area contributed by atoms with E-state index in [1.54, 1.807) is 6.92 Å². The van der Waals surface area contributed by atoms with Gasteiger partial charge in [-0.25, -0.2) is 8.42 Å². The highest BCUT2D eigenvalue weighted by Gasteiger charge is 2.27. The molecule has 1 fully saturated rings. The molecule has 0 aliphatic carbocycles. The lowest BCUT2D eigenvalue weighted by molar-refractivity contribution is -0.385. The second-order valence-electron chi connectivity index (χ2n) is 8.00. The highest BCUT2D eigenvalue weighted by atomic mass is 32.2. The fourth-order valence-electron chi connectivity index (χ4n) is 3.57. The number of anilines is 1. The first-order valence-corrected chi connectivity index (χ1v) is 11.9. The Balaban J connectivity index is 1.94. The molecule has 0 unspecified atom stereocenters. The van der Waals surface area contributed by atoms with Gasteiger partial charge in [-0.1, -0.05) is 6.42 Å². The number of aryl methyl sites for hydroxylation is 1. The van der Waals surface area contributed by atoms with Crippen LogP contribution in [0.3, 0.4) is 0 Å². The Labute approximate surface area is 187 Å². The second kappa shape index (κ2) is 9.66. The number of hydrogen-bond donors (Lipinski definition) is 1. The summed E-state index contributed by atoms with van der Waals surface area (Å²) in [6.45, 7) is 6.13. The summed E-state index contributed by atoms with van der Waals surface area (Å²) in [5.74, 6) is -0.186. The van der Waals surface area contributed by atoms with Crippen molar-refractivity contribution in [2.75, 3.05) is 18.4 Å². The number of piperidine rings is 1. The highest BCUT2D eigenvalue weighted by Crippen LogP contribution is 2.31. The Morgan fingerprint density at radius 3 is 2.41 bits per heavy atom. The Morgan fingerprint density at radius 1 is 1.12 bits per heavy atom. The number of rotatable bonds is 7. The van der Waals surface area contributed by atoms with E-state index in [2.05, 4.69) is 5.32 Å². The van der Waals surface area contributed by atoms with Crippen molar-refractivity contribution >= 4 is 27.3 Å². The average Bonchev–Trinajstić information content (AvgIpc) is 2.74. The SMILES string of the molecule is Cc1cc(C(=O)Nc2cc(S(=O)(=O)N3CCCCC3)ccc2OC(C)C)ccc1[N+](=O)[O-]. The molecule has 0 atom stereocenters. The zero-order valence-corrected chi connectivity index (χ0v) is 19.1. The maximum atomic E-state index is 13.1. The smallest absolute Gasteiger partial charge is 0.272 e. The summed E-state index contributed by atoms with van der Waals surface area (Å²) in [6, 6.07) is 8.47. The van der Waals surface area contributed by atoms with Gasteiger partial charge in [0.05, 0.1) is 21.6 Å². The molecule has 3 rings (SSSR count). The topological polar surface area (TPSA) is 119 Å². The molecule has 1 amide bonds. The van der Waals surface area contributed by atoms with Gasteiger partial charge in [-0.2, -0.15) is 4.31 Å². The van der Waals surface area contributed by atoms with Crippen LogP contribution in [0.1, 0.15) is 49.0 Å². The maximum absolute atomic E-state index is 13.1. The van der Waals surface area contributed by atoms with Gasteiger partial charge in [-0.3, -0.25) is 14.9 Å². The average molecular weight is 462 g/mol. The number of hydrogen-bond acceptors (Lipinski definition) is 6. The molecule has 1 N–H and O–H groups in total. The van der Waals surface area contributed by atoms with E-state index < -0.39 is 20.9 Å². The molecule has 2 aromatic rings. The van der Waals surface area contributed by atoms with Crippen molar-refractivity contribution in [2.24, 2.45) is 0 Å². The van der Waals surface area contributed by atoms with Gasteiger partial charge in [0.2, 0.25) is 10.0 Å². The number of nitro groups is 1. The van der Waals surface area contributed by atoms with Crippen LogP contribution >= 0.6 is 0 Å². The second-order valence-corrected chi connectivity index (χ2v) is 9.94. The van der Waals surface area contributed by atoms with Gasteiger partial charge in [0.1, 0.15) is 5.75 Å². The molecule has 0 aromatic heterocycles. The molecule has 0 radical (unpaired) electrons. The monoisotopic (exact) mass is 461 g/mol. The number of nitro benzene ring substituents is 1. The molecule has 1 aliphatic heterocycles. The summed E-state index contributed by atoms with van der Waals surface area (Å²) in [5, 5.41) is 13.7. The van der Waals surface area contributed by atoms with E-state index in [1.165, 1.54) is 40.7 Å². The first-order valence-electron chi connectivity index (χ1n) is 10.5. The van der Waals surface area contributed by atoms with Crippen molar-refractivity contribution in [3.05, 3.63) is 57.6 Å². The van der Waals surface area contributed by atoms with Gasteiger partial charge >= 0.3 is 0 Å². The predicted molar refractivity (Wildman–Crippen MR) is 121 cm³/mol. The highest BCUT2D eigenvalue weighted by molar-refractivity contribution is 7.89. The van der Waals surface area contributed by atoms with Crippen LogP contribution in [-0.4, -0.2) is 42.7 Å². The van der Waals surface area contributed by atoms with E-state index in [0.717, 1.165) is 19.3 Å². The van der Waals surface area contributed by atoms with Gasteiger partial charge in [0, 0.05) is 30.3 Å². The molecule has 32 heavy (non-hydrogen) atoms. The number of nitrogens with zero attached hydrogens (tertiary/aromatic N) is 2. The number of nitrogens with one attached hydrogen (secondary N) is 1. The molecule has 0 saturated carbocycles. The van der Waals surface area contributed by atoms with Crippen LogP contribution in [0.4, 0.5) is 11.4 Å². The first-order chi connectivity index (χ1) is 15.1. The summed E-state index contributed by atoms with van der Waals surface area (Å²) < 4.78 is 33.4. The van der Waals surface area contributed by atoms with E-state index in [0.29, 0.717) is 24.4 Å². The fraction of sp³-hybridized carbons (Fsp3) is 0.409. The minimum Gasteiger partial charge on any atom is -0.489 e. The van der Waals surface area contributed by atoms with Crippen molar-refractivity contribution in [1.29, 1.82) is 0 Å². The lowest BCUT2D eigenvalue weighted by Gasteiger charge is -2.26. The van der Waals surface area contributed by atoms with Gasteiger partial charge in [-0.15, -0.1) is 0 Å². The Hall–Kier alpha value is -2.98. The summed E-state index contributed by atoms with van der Waals surface area (Å²) >= 11 is 0. The van der Waals surface area contributed by atoms with Crippen molar-refractivity contribution in [1.82, 2.24) is 4.31 Å². The van der Waals surface area contributed by atoms with Crippen molar-refractivity contribution < 1.29 is 22.9 Å². The Morgan fingerprint density at radius 2 is 1.81 bits per heavy atom. The molecule has 172 valence electrons. The van der Waals surface area contributed by atoms with Gasteiger partial charge in [0.25, 0.3) is 11.6 Å². The quantitative estimate of drug-likeness (QED) is 0.489. The third-order valence-corrected chi connectivity index (χ3v) is 7.07. The van der Waals surface area contributed by atoms with Crippen molar-refractivity contribution in [3.8, 4) is 5.75 Å². The molecule has 9 nitrogen and oxygen atoms in total. The van der Waals surface area contributed by atoms with E-state index in [1.807, 2.05) is 13.8 Å². The molecule has 2 aromatic carbocycles. The Kier molecular flexibility index (Phi) is 7.15. The van der Waals surface area contributed by atoms with Crippen molar-refractivity contribution in [3.63, 3.8) is 0 Å². The molecule has 1 saturated heterocycles. The molecule has 1 aliphatic rings. The van der Waals surface area contributed by atoms with Crippen LogP contribution in [0.2, 0.25) is 0 Å². The number of ether oxygens (including phenoxy) is 1. The van der Waals surface area contributed by atoms with Crippen molar-refractivity contribution in [2.45, 2.75) is 51.0 Å². The summed E-state index contributed by atoms with van der Waals surface area (Å²) in [4.78, 5) is 23.4. The maximum Gasteiger partial charge on any atom is 0.272 e. The lowest BCUT2D eigenvalue weighted by atomic mass is 10.1. The predicted octanol–water partition coefficient (Wildman–Crippen LogP) is 4.12. The Bertz CT molecular complexity index is 1120. The normalized spacial score (nSPS) is 14.9. The molecule has 1 heterocycles. The third kappa shape index (κ3) is 5.25. The minimum absolute atomic E-state index is 0.0747. The standard InChI is InChI=1S/C22H27N3O6S/c1-15(2)31-21-10-8-18(32(29,30)24-11-5-4-6-12-24)14-19(21)23-22(26)17-7-9-20(25(27)28)16(3)13-17/h7-10,13-15H,4-6,11-12H2,1-3H3,(H,23,26). The largest absolute Gasteiger partial charge is 0.489 e. The zero-order chi connectivity index (χ0) is 23.5. The molecular weight excluding hydrogens is 434 g/mol. The summed E-state index contributed by atoms with van der Waals surface area (Å²) in [6.07, 6.45) is 2.44. The van der Waals surface area contributed by atoms with Gasteiger partial charge in [0.15, 0.2) is 0 Å². The number of carbonyl (C=O) groups excluding carboxylic acids is 1. The summed E-state index contributed by atoms with van der Waals surface area (Å²) in [7, 11) is -3.70. The van der Waals surface area contributed by atoms with Crippen LogP contribution in [0.5, 0.6) is 5.75 Å².